The van der Waals surface area contributed by atoms with Crippen molar-refractivity contribution in [2.45, 2.75) is 31.5 Å². The van der Waals surface area contributed by atoms with Gasteiger partial charge in [-0.15, -0.1) is 0 Å². The van der Waals surface area contributed by atoms with Gasteiger partial charge in [-0.2, -0.15) is 13.2 Å². The summed E-state index contributed by atoms with van der Waals surface area (Å²) in [5.41, 5.74) is 0.505. The van der Waals surface area contributed by atoms with E-state index in [2.05, 4.69) is 0 Å². The summed E-state index contributed by atoms with van der Waals surface area (Å²) in [5, 5.41) is 9.19. The zero-order valence-electron chi connectivity index (χ0n) is 15.1. The maximum Gasteiger partial charge on any atom is 0.394 e. The van der Waals surface area contributed by atoms with E-state index in [9.17, 15) is 32.7 Å². The van der Waals surface area contributed by atoms with Gasteiger partial charge in [0.1, 0.15) is 6.04 Å². The van der Waals surface area contributed by atoms with Gasteiger partial charge in [0, 0.05) is 26.1 Å². The molecule has 9 heteroatoms. The van der Waals surface area contributed by atoms with E-state index < -0.39 is 49.0 Å². The number of carbonyl (C=O) groups is 3. The van der Waals surface area contributed by atoms with Crippen LogP contribution in [0.1, 0.15) is 30.9 Å². The summed E-state index contributed by atoms with van der Waals surface area (Å²) in [5.74, 6) is -6.31. The molecule has 28 heavy (non-hydrogen) atoms. The Hall–Kier alpha value is -2.58. The van der Waals surface area contributed by atoms with Crippen LogP contribution in [0.5, 0.6) is 0 Å². The average molecular weight is 398 g/mol. The fourth-order valence-electron chi connectivity index (χ4n) is 3.93. The molecule has 0 saturated carbocycles. The molecule has 2 amide bonds. The number of aliphatic carboxylic acids is 1. The number of halogens is 3. The van der Waals surface area contributed by atoms with Crippen LogP contribution >= 0.6 is 0 Å². The number of benzene rings is 1. The second-order valence-electron chi connectivity index (χ2n) is 7.19. The third-order valence-electron chi connectivity index (χ3n) is 5.39. The summed E-state index contributed by atoms with van der Waals surface area (Å²) in [6.45, 7) is -0.905. The molecule has 1 aromatic carbocycles. The van der Waals surface area contributed by atoms with E-state index in [0.717, 1.165) is 4.90 Å². The number of carbonyl (C=O) groups excluding carboxylic acids is 2. The van der Waals surface area contributed by atoms with Gasteiger partial charge in [0.2, 0.25) is 11.8 Å². The van der Waals surface area contributed by atoms with Crippen molar-refractivity contribution in [3.05, 3.63) is 35.9 Å². The molecule has 0 radical (unpaired) electrons. The van der Waals surface area contributed by atoms with Gasteiger partial charge in [-0.1, -0.05) is 30.3 Å². The Morgan fingerprint density at radius 2 is 1.79 bits per heavy atom. The topological polar surface area (TPSA) is 77.9 Å². The Bertz CT molecular complexity index is 753. The summed E-state index contributed by atoms with van der Waals surface area (Å²) in [6.07, 6.45) is -3.04. The molecule has 0 aromatic heterocycles. The van der Waals surface area contributed by atoms with Gasteiger partial charge in [0.15, 0.2) is 0 Å². The number of hydrogen-bond donors (Lipinski definition) is 1. The van der Waals surface area contributed by atoms with E-state index in [0.29, 0.717) is 24.9 Å². The average Bonchev–Trinajstić information content (AvgIpc) is 3.11. The first-order valence-corrected chi connectivity index (χ1v) is 9.13. The monoisotopic (exact) mass is 398 g/mol. The number of amides is 2. The predicted octanol–water partition coefficient (Wildman–Crippen LogP) is 2.46. The van der Waals surface area contributed by atoms with Crippen molar-refractivity contribution >= 4 is 17.8 Å². The SMILES string of the molecule is O=C(O)[C@@H]1CN(C(=O)C(c2ccccc2)N2CCCCC2=O)C[C@H]1C(F)(F)F. The first kappa shape index (κ1) is 20.2. The van der Waals surface area contributed by atoms with E-state index in [-0.39, 0.29) is 12.3 Å². The summed E-state index contributed by atoms with van der Waals surface area (Å²) in [4.78, 5) is 39.3. The highest BCUT2D eigenvalue weighted by molar-refractivity contribution is 5.89. The molecule has 6 nitrogen and oxygen atoms in total. The number of piperidine rings is 1. The van der Waals surface area contributed by atoms with Crippen molar-refractivity contribution in [1.82, 2.24) is 9.80 Å². The Kier molecular flexibility index (Phi) is 5.62. The lowest BCUT2D eigenvalue weighted by Gasteiger charge is -2.36. The molecule has 2 fully saturated rings. The molecule has 0 aliphatic carbocycles. The van der Waals surface area contributed by atoms with E-state index in [1.54, 1.807) is 30.3 Å². The fourth-order valence-corrected chi connectivity index (χ4v) is 3.93. The normalized spacial score (nSPS) is 24.3. The third kappa shape index (κ3) is 3.98. The molecule has 0 bridgehead atoms. The first-order valence-electron chi connectivity index (χ1n) is 9.13. The molecule has 1 N–H and O–H groups in total. The molecular weight excluding hydrogens is 377 g/mol. The van der Waals surface area contributed by atoms with E-state index in [4.69, 9.17) is 0 Å². The molecule has 1 aromatic rings. The van der Waals surface area contributed by atoms with Gasteiger partial charge in [-0.05, 0) is 18.4 Å². The summed E-state index contributed by atoms with van der Waals surface area (Å²) in [7, 11) is 0. The van der Waals surface area contributed by atoms with Crippen molar-refractivity contribution in [3.63, 3.8) is 0 Å². The van der Waals surface area contributed by atoms with Crippen LogP contribution in [-0.4, -0.2) is 58.5 Å². The van der Waals surface area contributed by atoms with E-state index in [1.807, 2.05) is 0 Å². The minimum Gasteiger partial charge on any atom is -0.481 e. The largest absolute Gasteiger partial charge is 0.481 e. The van der Waals surface area contributed by atoms with Gasteiger partial charge < -0.3 is 14.9 Å². The van der Waals surface area contributed by atoms with Crippen molar-refractivity contribution in [1.29, 1.82) is 0 Å². The fraction of sp³-hybridized carbons (Fsp3) is 0.526. The smallest absolute Gasteiger partial charge is 0.394 e. The lowest BCUT2D eigenvalue weighted by atomic mass is 9.96. The number of carboxylic acids is 1. The van der Waals surface area contributed by atoms with Gasteiger partial charge in [0.05, 0.1) is 11.8 Å². The van der Waals surface area contributed by atoms with Crippen LogP contribution in [0.25, 0.3) is 0 Å². The molecule has 1 unspecified atom stereocenters. The molecule has 2 saturated heterocycles. The van der Waals surface area contributed by atoms with Gasteiger partial charge >= 0.3 is 12.1 Å². The minimum atomic E-state index is -4.72. The van der Waals surface area contributed by atoms with Crippen LogP contribution in [0.15, 0.2) is 30.3 Å². The second kappa shape index (κ2) is 7.81. The quantitative estimate of drug-likeness (QED) is 0.845. The van der Waals surface area contributed by atoms with Crippen LogP contribution in [0.2, 0.25) is 0 Å². The van der Waals surface area contributed by atoms with Crippen LogP contribution in [-0.2, 0) is 14.4 Å². The highest BCUT2D eigenvalue weighted by Gasteiger charge is 2.54. The van der Waals surface area contributed by atoms with E-state index in [1.165, 1.54) is 4.90 Å². The number of rotatable bonds is 4. The van der Waals surface area contributed by atoms with Gasteiger partial charge in [0.25, 0.3) is 0 Å². The van der Waals surface area contributed by atoms with Crippen LogP contribution in [0.4, 0.5) is 13.2 Å². The molecule has 0 spiro atoms. The van der Waals surface area contributed by atoms with Crippen LogP contribution in [0.3, 0.4) is 0 Å². The molecule has 2 aliphatic heterocycles. The summed E-state index contributed by atoms with van der Waals surface area (Å²) < 4.78 is 39.8. The molecule has 3 rings (SSSR count). The Balaban J connectivity index is 1.91. The second-order valence-corrected chi connectivity index (χ2v) is 7.19. The number of alkyl halides is 3. The van der Waals surface area contributed by atoms with Crippen molar-refractivity contribution in [3.8, 4) is 0 Å². The third-order valence-corrected chi connectivity index (χ3v) is 5.39. The summed E-state index contributed by atoms with van der Waals surface area (Å²) >= 11 is 0. The zero-order valence-corrected chi connectivity index (χ0v) is 15.1. The van der Waals surface area contributed by atoms with Crippen molar-refractivity contribution < 1.29 is 32.7 Å². The zero-order chi connectivity index (χ0) is 20.5. The molecular formula is C19H21F3N2O4. The minimum absolute atomic E-state index is 0.227. The maximum absolute atomic E-state index is 13.3. The lowest BCUT2D eigenvalue weighted by molar-refractivity contribution is -0.188. The van der Waals surface area contributed by atoms with Crippen LogP contribution < -0.4 is 0 Å². The van der Waals surface area contributed by atoms with Crippen molar-refractivity contribution in [2.24, 2.45) is 11.8 Å². The number of carboxylic acid groups (broad SMARTS) is 1. The van der Waals surface area contributed by atoms with E-state index >= 15 is 0 Å². The number of nitrogens with zero attached hydrogens (tertiary/aromatic N) is 2. The molecule has 2 heterocycles. The Morgan fingerprint density at radius 3 is 2.32 bits per heavy atom. The number of likely N-dealkylation sites (tertiary alicyclic amines) is 2. The predicted molar refractivity (Wildman–Crippen MR) is 92.0 cm³/mol. The standard InChI is InChI=1S/C19H21F3N2O4/c20-19(21,22)14-11-23(10-13(14)18(27)28)17(26)16(12-6-2-1-3-7-12)24-9-5-4-8-15(24)25/h1-3,6-7,13-14,16H,4-5,8-11H2,(H,27,28)/t13-,14-,16?/m1/s1. The molecule has 152 valence electrons. The Labute approximate surface area is 159 Å². The van der Waals surface area contributed by atoms with Gasteiger partial charge in [-0.25, -0.2) is 0 Å². The van der Waals surface area contributed by atoms with Crippen molar-refractivity contribution in [2.75, 3.05) is 19.6 Å². The highest BCUT2D eigenvalue weighted by atomic mass is 19.4. The lowest BCUT2D eigenvalue weighted by Crippen LogP contribution is -2.47. The first-order chi connectivity index (χ1) is 13.2. The maximum atomic E-state index is 13.3. The van der Waals surface area contributed by atoms with Gasteiger partial charge in [-0.3, -0.25) is 14.4 Å². The number of hydrogen-bond acceptors (Lipinski definition) is 3. The summed E-state index contributed by atoms with van der Waals surface area (Å²) in [6, 6.07) is 7.36. The highest BCUT2D eigenvalue weighted by Crippen LogP contribution is 2.39. The molecule has 2 aliphatic rings. The van der Waals surface area contributed by atoms with Crippen LogP contribution in [0, 0.1) is 11.8 Å². The Morgan fingerprint density at radius 1 is 1.11 bits per heavy atom. The molecule has 3 atom stereocenters.